The zero-order valence-electron chi connectivity index (χ0n) is 15.0. The number of ether oxygens (including phenoxy) is 1. The highest BCUT2D eigenvalue weighted by molar-refractivity contribution is 7.18. The zero-order chi connectivity index (χ0) is 19.3. The SMILES string of the molecule is O=C(NO)NCCc1ccc2cc(OCc3nc4ccccc4s3)ccc2c1. The van der Waals surface area contributed by atoms with Crippen LogP contribution in [0.15, 0.2) is 60.7 Å². The second-order valence-electron chi connectivity index (χ2n) is 6.33. The van der Waals surface area contributed by atoms with Crippen molar-refractivity contribution in [3.63, 3.8) is 0 Å². The number of benzene rings is 3. The van der Waals surface area contributed by atoms with E-state index in [1.807, 2.05) is 48.5 Å². The predicted molar refractivity (Wildman–Crippen MR) is 110 cm³/mol. The van der Waals surface area contributed by atoms with Gasteiger partial charge in [0.25, 0.3) is 0 Å². The lowest BCUT2D eigenvalue weighted by atomic mass is 10.0. The third-order valence-corrected chi connectivity index (χ3v) is 5.39. The lowest BCUT2D eigenvalue weighted by Crippen LogP contribution is -2.34. The first-order valence-electron chi connectivity index (χ1n) is 8.89. The van der Waals surface area contributed by atoms with E-state index in [4.69, 9.17) is 9.94 Å². The third-order valence-electron chi connectivity index (χ3n) is 4.38. The molecule has 1 heterocycles. The average molecular weight is 393 g/mol. The van der Waals surface area contributed by atoms with Gasteiger partial charge in [-0.2, -0.15) is 0 Å². The maximum atomic E-state index is 11.0. The highest BCUT2D eigenvalue weighted by Gasteiger charge is 2.05. The highest BCUT2D eigenvalue weighted by atomic mass is 32.1. The number of nitrogens with zero attached hydrogens (tertiary/aromatic N) is 1. The van der Waals surface area contributed by atoms with E-state index < -0.39 is 6.03 Å². The molecule has 0 aliphatic carbocycles. The van der Waals surface area contributed by atoms with Crippen molar-refractivity contribution in [3.05, 3.63) is 71.2 Å². The van der Waals surface area contributed by atoms with Crippen LogP contribution in [0.1, 0.15) is 10.6 Å². The summed E-state index contributed by atoms with van der Waals surface area (Å²) in [6.07, 6.45) is 0.680. The van der Waals surface area contributed by atoms with Gasteiger partial charge in [-0.05, 0) is 47.0 Å². The van der Waals surface area contributed by atoms with E-state index in [1.54, 1.807) is 16.8 Å². The molecule has 0 saturated heterocycles. The Labute approximate surface area is 165 Å². The molecule has 0 fully saturated rings. The highest BCUT2D eigenvalue weighted by Crippen LogP contribution is 2.25. The van der Waals surface area contributed by atoms with Gasteiger partial charge in [0.05, 0.1) is 10.2 Å². The predicted octanol–water partition coefficient (Wildman–Crippen LogP) is 4.26. The molecule has 1 aromatic heterocycles. The molecule has 6 nitrogen and oxygen atoms in total. The largest absolute Gasteiger partial charge is 0.486 e. The number of nitrogens with one attached hydrogen (secondary N) is 2. The number of aromatic nitrogens is 1. The van der Waals surface area contributed by atoms with Gasteiger partial charge in [0, 0.05) is 6.54 Å². The van der Waals surface area contributed by atoms with Crippen molar-refractivity contribution in [1.82, 2.24) is 15.8 Å². The quantitative estimate of drug-likeness (QED) is 0.338. The Morgan fingerprint density at radius 3 is 2.75 bits per heavy atom. The smallest absolute Gasteiger partial charge is 0.338 e. The molecule has 0 atom stereocenters. The topological polar surface area (TPSA) is 83.5 Å². The number of hydrogen-bond acceptors (Lipinski definition) is 5. The fraction of sp³-hybridized carbons (Fsp3) is 0.143. The van der Waals surface area contributed by atoms with E-state index in [0.717, 1.165) is 37.3 Å². The summed E-state index contributed by atoms with van der Waals surface area (Å²) in [5, 5.41) is 14.2. The van der Waals surface area contributed by atoms with E-state index >= 15 is 0 Å². The minimum absolute atomic E-state index is 0.446. The molecule has 0 aliphatic heterocycles. The van der Waals surface area contributed by atoms with Crippen molar-refractivity contribution in [3.8, 4) is 5.75 Å². The van der Waals surface area contributed by atoms with Gasteiger partial charge in [-0.25, -0.2) is 15.3 Å². The number of para-hydroxylation sites is 1. The maximum absolute atomic E-state index is 11.0. The molecule has 0 radical (unpaired) electrons. The van der Waals surface area contributed by atoms with Crippen LogP contribution in [0.4, 0.5) is 4.79 Å². The molecule has 2 amide bonds. The van der Waals surface area contributed by atoms with Crippen LogP contribution in [0, 0.1) is 0 Å². The first kappa shape index (κ1) is 18.2. The molecule has 0 bridgehead atoms. The summed E-state index contributed by atoms with van der Waals surface area (Å²) in [5.41, 5.74) is 3.66. The lowest BCUT2D eigenvalue weighted by Gasteiger charge is -2.08. The molecule has 0 saturated carbocycles. The zero-order valence-corrected chi connectivity index (χ0v) is 15.8. The first-order valence-corrected chi connectivity index (χ1v) is 9.71. The summed E-state index contributed by atoms with van der Waals surface area (Å²) < 4.78 is 7.10. The van der Waals surface area contributed by atoms with Crippen LogP contribution in [-0.4, -0.2) is 22.8 Å². The molecule has 0 spiro atoms. The van der Waals surface area contributed by atoms with Crippen LogP contribution in [0.5, 0.6) is 5.75 Å². The van der Waals surface area contributed by atoms with Gasteiger partial charge in [0.1, 0.15) is 17.4 Å². The molecular formula is C21H19N3O3S. The molecule has 142 valence electrons. The summed E-state index contributed by atoms with van der Waals surface area (Å²) in [6.45, 7) is 0.892. The number of carbonyl (C=O) groups excluding carboxylic acids is 1. The number of carbonyl (C=O) groups is 1. The van der Waals surface area contributed by atoms with Crippen molar-refractivity contribution in [1.29, 1.82) is 0 Å². The Bertz CT molecular complexity index is 1090. The fourth-order valence-electron chi connectivity index (χ4n) is 3.01. The number of rotatable bonds is 6. The van der Waals surface area contributed by atoms with Crippen LogP contribution in [0.2, 0.25) is 0 Å². The van der Waals surface area contributed by atoms with Crippen molar-refractivity contribution in [2.45, 2.75) is 13.0 Å². The standard InChI is InChI=1S/C21H19N3O3S/c25-21(24-26)22-10-9-14-5-6-16-12-17(8-7-15(16)11-14)27-13-20-23-18-3-1-2-4-19(18)28-20/h1-8,11-12,26H,9-10,13H2,(H2,22,24,25). The van der Waals surface area contributed by atoms with Crippen molar-refractivity contribution in [2.75, 3.05) is 6.54 Å². The van der Waals surface area contributed by atoms with E-state index in [-0.39, 0.29) is 0 Å². The average Bonchev–Trinajstić information content (AvgIpc) is 3.15. The lowest BCUT2D eigenvalue weighted by molar-refractivity contribution is 0.162. The van der Waals surface area contributed by atoms with Crippen molar-refractivity contribution in [2.24, 2.45) is 0 Å². The Hall–Kier alpha value is -3.16. The Kier molecular flexibility index (Phi) is 5.36. The molecular weight excluding hydrogens is 374 g/mol. The molecule has 0 aliphatic rings. The summed E-state index contributed by atoms with van der Waals surface area (Å²) in [7, 11) is 0. The summed E-state index contributed by atoms with van der Waals surface area (Å²) >= 11 is 1.65. The molecule has 3 N–H and O–H groups in total. The third kappa shape index (κ3) is 4.21. The fourth-order valence-corrected chi connectivity index (χ4v) is 3.89. The van der Waals surface area contributed by atoms with Gasteiger partial charge in [-0.15, -0.1) is 11.3 Å². The molecule has 7 heteroatoms. The number of amides is 2. The van der Waals surface area contributed by atoms with Crippen LogP contribution >= 0.6 is 11.3 Å². The minimum atomic E-state index is -0.601. The van der Waals surface area contributed by atoms with E-state index in [2.05, 4.69) is 22.4 Å². The van der Waals surface area contributed by atoms with Crippen LogP contribution < -0.4 is 15.5 Å². The van der Waals surface area contributed by atoms with E-state index in [9.17, 15) is 4.79 Å². The second kappa shape index (κ2) is 8.24. The summed E-state index contributed by atoms with van der Waals surface area (Å²) in [4.78, 5) is 15.6. The second-order valence-corrected chi connectivity index (χ2v) is 7.44. The summed E-state index contributed by atoms with van der Waals surface area (Å²) in [6, 6.07) is 19.6. The van der Waals surface area contributed by atoms with Gasteiger partial charge in [-0.3, -0.25) is 5.21 Å². The summed E-state index contributed by atoms with van der Waals surface area (Å²) in [5.74, 6) is 0.806. The number of hydrogen-bond donors (Lipinski definition) is 3. The minimum Gasteiger partial charge on any atom is -0.486 e. The molecule has 3 aromatic carbocycles. The number of fused-ring (bicyclic) bond motifs is 2. The van der Waals surface area contributed by atoms with Crippen LogP contribution in [0.25, 0.3) is 21.0 Å². The van der Waals surface area contributed by atoms with Crippen LogP contribution in [0.3, 0.4) is 0 Å². The van der Waals surface area contributed by atoms with Crippen LogP contribution in [-0.2, 0) is 13.0 Å². The van der Waals surface area contributed by atoms with Gasteiger partial charge in [0.15, 0.2) is 0 Å². The molecule has 4 rings (SSSR count). The normalized spacial score (nSPS) is 10.9. The first-order chi connectivity index (χ1) is 13.7. The van der Waals surface area contributed by atoms with Crippen molar-refractivity contribution < 1.29 is 14.7 Å². The number of hydroxylamine groups is 1. The Morgan fingerprint density at radius 1 is 1.07 bits per heavy atom. The maximum Gasteiger partial charge on any atom is 0.338 e. The molecule has 28 heavy (non-hydrogen) atoms. The van der Waals surface area contributed by atoms with Crippen molar-refractivity contribution >= 4 is 38.4 Å². The number of urea groups is 1. The van der Waals surface area contributed by atoms with Gasteiger partial charge >= 0.3 is 6.03 Å². The molecule has 0 unspecified atom stereocenters. The Balaban J connectivity index is 1.41. The number of thiazole rings is 1. The van der Waals surface area contributed by atoms with E-state index in [1.165, 1.54) is 0 Å². The molecule has 4 aromatic rings. The van der Waals surface area contributed by atoms with E-state index in [0.29, 0.717) is 19.6 Å². The van der Waals surface area contributed by atoms with Gasteiger partial charge < -0.3 is 10.1 Å². The van der Waals surface area contributed by atoms with Gasteiger partial charge in [0.2, 0.25) is 0 Å². The Morgan fingerprint density at radius 2 is 1.89 bits per heavy atom. The van der Waals surface area contributed by atoms with Gasteiger partial charge in [-0.1, -0.05) is 36.4 Å². The monoisotopic (exact) mass is 393 g/mol.